The zero-order chi connectivity index (χ0) is 21.4. The maximum atomic E-state index is 13.7. The van der Waals surface area contributed by atoms with Crippen molar-refractivity contribution in [3.05, 3.63) is 0 Å². The topological polar surface area (TPSA) is 46.5 Å². The highest BCUT2D eigenvalue weighted by Gasteiger charge is 2.77. The first-order valence-electron chi connectivity index (χ1n) is 6.37. The third-order valence-corrected chi connectivity index (χ3v) is 3.58. The Morgan fingerprint density at radius 1 is 0.808 bits per heavy atom. The minimum Gasteiger partial charge on any atom is -0.335 e. The fourth-order valence-corrected chi connectivity index (χ4v) is 2.01. The fourth-order valence-electron chi connectivity index (χ4n) is 1.55. The van der Waals surface area contributed by atoms with Gasteiger partial charge in [-0.2, -0.15) is 26.3 Å². The van der Waals surface area contributed by atoms with E-state index in [1.807, 2.05) is 0 Å². The molecule has 0 heterocycles. The molecule has 2 unspecified atom stereocenters. The van der Waals surface area contributed by atoms with Gasteiger partial charge in [-0.3, -0.25) is 0 Å². The van der Waals surface area contributed by atoms with Gasteiger partial charge in [-0.15, -0.1) is 0 Å². The Hall–Kier alpha value is -0.700. The molecule has 0 fully saturated rings. The second-order valence-electron chi connectivity index (χ2n) is 5.60. The Morgan fingerprint density at radius 2 is 1.23 bits per heavy atom. The molecule has 0 bridgehead atoms. The molecule has 0 amide bonds. The van der Waals surface area contributed by atoms with E-state index in [1.165, 1.54) is 0 Å². The van der Waals surface area contributed by atoms with Crippen LogP contribution in [0, 0.1) is 0 Å². The van der Waals surface area contributed by atoms with Crippen molar-refractivity contribution in [3.8, 4) is 0 Å². The zero-order valence-electron chi connectivity index (χ0n) is 13.0. The minimum atomic E-state index is -6.36. The lowest BCUT2D eigenvalue weighted by Gasteiger charge is -2.38. The average Bonchev–Trinajstić information content (AvgIpc) is 2.31. The van der Waals surface area contributed by atoms with E-state index in [4.69, 9.17) is 4.55 Å². The van der Waals surface area contributed by atoms with E-state index >= 15 is 0 Å². The average molecular weight is 434 g/mol. The zero-order valence-corrected chi connectivity index (χ0v) is 13.8. The van der Waals surface area contributed by atoms with Crippen molar-refractivity contribution in [2.45, 2.75) is 55.7 Å². The van der Waals surface area contributed by atoms with Crippen LogP contribution in [0.25, 0.3) is 0 Å². The predicted molar refractivity (Wildman–Crippen MR) is 66.1 cm³/mol. The smallest absolute Gasteiger partial charge is 0.335 e. The summed E-state index contributed by atoms with van der Waals surface area (Å²) in [7, 11) is 0. The summed E-state index contributed by atoms with van der Waals surface area (Å²) in [6.07, 6.45) is -2.58. The van der Waals surface area contributed by atoms with Crippen LogP contribution in [-0.2, 0) is 15.8 Å². The van der Waals surface area contributed by atoms with Gasteiger partial charge in [0.05, 0.1) is 6.42 Å². The lowest BCUT2D eigenvalue weighted by atomic mass is 9.99. The highest BCUT2D eigenvalue weighted by atomic mass is 32.2. The maximum absolute atomic E-state index is 13.7. The van der Waals surface area contributed by atoms with Crippen LogP contribution in [0.15, 0.2) is 0 Å². The molecule has 0 aromatic rings. The third-order valence-electron chi connectivity index (χ3n) is 2.91. The predicted octanol–water partition coefficient (Wildman–Crippen LogP) is 4.50. The Morgan fingerprint density at radius 3 is 1.58 bits per heavy atom. The summed E-state index contributed by atoms with van der Waals surface area (Å²) in [4.78, 5) is 0. The normalized spacial score (nSPS) is 18.5. The number of hydrogen-bond acceptors (Lipinski definition) is 2. The van der Waals surface area contributed by atoms with E-state index in [0.29, 0.717) is 0 Å². The number of alkyl halides is 11. The van der Waals surface area contributed by atoms with Gasteiger partial charge in [0.1, 0.15) is 12.4 Å². The number of halogens is 11. The molecular formula is C11H13F11O3S. The summed E-state index contributed by atoms with van der Waals surface area (Å²) in [6, 6.07) is 0. The molecule has 1 N–H and O–H groups in total. The Kier molecular flexibility index (Phi) is 7.17. The van der Waals surface area contributed by atoms with Gasteiger partial charge in [0, 0.05) is 13.8 Å². The molecule has 26 heavy (non-hydrogen) atoms. The van der Waals surface area contributed by atoms with Crippen LogP contribution in [0.4, 0.5) is 48.3 Å². The van der Waals surface area contributed by atoms with Crippen molar-refractivity contribution >= 4 is 11.1 Å². The molecular weight excluding hydrogens is 421 g/mol. The monoisotopic (exact) mass is 434 g/mol. The molecule has 0 aliphatic heterocycles. The largest absolute Gasteiger partial charge is 0.377 e. The van der Waals surface area contributed by atoms with E-state index < -0.39 is 79.2 Å². The van der Waals surface area contributed by atoms with Crippen molar-refractivity contribution < 1.29 is 61.8 Å². The lowest BCUT2D eigenvalue weighted by Crippen LogP contribution is -2.63. The molecule has 0 radical (unpaired) electrons. The van der Waals surface area contributed by atoms with Crippen molar-refractivity contribution in [1.82, 2.24) is 0 Å². The van der Waals surface area contributed by atoms with Crippen LogP contribution in [0.3, 0.4) is 0 Å². The highest BCUT2D eigenvalue weighted by Crippen LogP contribution is 2.52. The van der Waals surface area contributed by atoms with E-state index in [9.17, 15) is 52.5 Å². The van der Waals surface area contributed by atoms with E-state index in [-0.39, 0.29) is 0 Å². The van der Waals surface area contributed by atoms with Crippen LogP contribution in [0.2, 0.25) is 0 Å². The SMILES string of the molecule is CC(F)(F)C(F)(F)C(F)(F)C(C)(F)OCC(F)(F)CC(F)(F)CS(=O)O. The van der Waals surface area contributed by atoms with Gasteiger partial charge in [-0.25, -0.2) is 26.2 Å². The molecule has 0 saturated heterocycles. The Balaban J connectivity index is 5.30. The molecule has 0 rings (SSSR count). The molecule has 15 heteroatoms. The first kappa shape index (κ1) is 25.3. The van der Waals surface area contributed by atoms with E-state index in [2.05, 4.69) is 4.74 Å². The van der Waals surface area contributed by atoms with Crippen LogP contribution < -0.4 is 0 Å². The Labute approximate surface area is 142 Å². The quantitative estimate of drug-likeness (QED) is 0.407. The van der Waals surface area contributed by atoms with Gasteiger partial charge in [0.25, 0.3) is 17.7 Å². The first-order chi connectivity index (χ1) is 11.1. The number of rotatable bonds is 10. The van der Waals surface area contributed by atoms with Crippen molar-refractivity contribution in [1.29, 1.82) is 0 Å². The molecule has 0 aliphatic rings. The third kappa shape index (κ3) is 5.90. The molecule has 0 aliphatic carbocycles. The van der Waals surface area contributed by atoms with E-state index in [1.54, 1.807) is 0 Å². The summed E-state index contributed by atoms with van der Waals surface area (Å²) in [5.41, 5.74) is 0. The minimum absolute atomic E-state index is 0.552. The van der Waals surface area contributed by atoms with Gasteiger partial charge in [-0.05, 0) is 0 Å². The van der Waals surface area contributed by atoms with Crippen molar-refractivity contribution in [3.63, 3.8) is 0 Å². The van der Waals surface area contributed by atoms with E-state index in [0.717, 1.165) is 0 Å². The van der Waals surface area contributed by atoms with Crippen LogP contribution in [0.1, 0.15) is 20.3 Å². The number of hydrogen-bond donors (Lipinski definition) is 1. The summed E-state index contributed by atoms with van der Waals surface area (Å²) in [5.74, 6) is -34.6. The summed E-state index contributed by atoms with van der Waals surface area (Å²) < 4.78 is 166. The molecule has 158 valence electrons. The summed E-state index contributed by atoms with van der Waals surface area (Å²) >= 11 is -3.23. The lowest BCUT2D eigenvalue weighted by molar-refractivity contribution is -0.387. The molecule has 0 spiro atoms. The van der Waals surface area contributed by atoms with Crippen LogP contribution >= 0.6 is 0 Å². The van der Waals surface area contributed by atoms with Crippen LogP contribution in [0.5, 0.6) is 0 Å². The van der Waals surface area contributed by atoms with Gasteiger partial charge in [0.2, 0.25) is 0 Å². The standard InChI is InChI=1S/C11H13F11O3S/c1-6(12,13)10(19,20)11(21,22)7(2,14)25-4-8(15,16)3-9(17,18)5-26(23)24/h3-5H2,1-2H3,(H,23,24). The molecule has 0 aromatic carbocycles. The van der Waals surface area contributed by atoms with Crippen molar-refractivity contribution in [2.75, 3.05) is 12.4 Å². The molecule has 3 nitrogen and oxygen atoms in total. The molecule has 2 atom stereocenters. The van der Waals surface area contributed by atoms with Gasteiger partial charge in [-0.1, -0.05) is 0 Å². The second kappa shape index (κ2) is 7.37. The maximum Gasteiger partial charge on any atom is 0.377 e. The first-order valence-corrected chi connectivity index (χ1v) is 7.65. The van der Waals surface area contributed by atoms with Crippen LogP contribution in [-0.4, -0.2) is 56.6 Å². The fraction of sp³-hybridized carbons (Fsp3) is 1.00. The molecule has 0 saturated carbocycles. The van der Waals surface area contributed by atoms with Crippen molar-refractivity contribution in [2.24, 2.45) is 0 Å². The van der Waals surface area contributed by atoms with Gasteiger partial charge in [0.15, 0.2) is 11.1 Å². The summed E-state index contributed by atoms with van der Waals surface area (Å²) in [5, 5.41) is 0. The van der Waals surface area contributed by atoms with Gasteiger partial charge < -0.3 is 9.29 Å². The van der Waals surface area contributed by atoms with Gasteiger partial charge >= 0.3 is 17.8 Å². The number of ether oxygens (including phenoxy) is 1. The molecule has 0 aromatic heterocycles. The second-order valence-corrected chi connectivity index (χ2v) is 6.53. The Bertz CT molecular complexity index is 516. The summed E-state index contributed by atoms with van der Waals surface area (Å²) in [6.45, 7) is -3.85. The highest BCUT2D eigenvalue weighted by molar-refractivity contribution is 7.79.